The quantitative estimate of drug-likeness (QED) is 0.456. The minimum Gasteiger partial charge on any atom is -0.402 e. The second-order valence-corrected chi connectivity index (χ2v) is 7.59. The van der Waals surface area contributed by atoms with Crippen LogP contribution < -0.4 is 11.1 Å². The Morgan fingerprint density at radius 1 is 1.09 bits per heavy atom. The molecule has 0 aliphatic carbocycles. The summed E-state index contributed by atoms with van der Waals surface area (Å²) >= 11 is 5.90. The maximum atomic E-state index is 12.1. The summed E-state index contributed by atoms with van der Waals surface area (Å²) in [5, 5.41) is 11.8. The lowest BCUT2D eigenvalue weighted by Gasteiger charge is -2.10. The number of amides is 1. The van der Waals surface area contributed by atoms with E-state index < -0.39 is 0 Å². The molecule has 2 aromatic carbocycles. The lowest BCUT2D eigenvalue weighted by molar-refractivity contribution is 0.0827. The second-order valence-electron chi connectivity index (χ2n) is 7.16. The van der Waals surface area contributed by atoms with Gasteiger partial charge in [-0.05, 0) is 29.8 Å². The van der Waals surface area contributed by atoms with Crippen molar-refractivity contribution in [1.82, 2.24) is 25.1 Å². The number of halogens is 1. The number of hydrogen-bond donors (Lipinski definition) is 2. The van der Waals surface area contributed by atoms with Crippen molar-refractivity contribution in [2.75, 3.05) is 25.1 Å². The average Bonchev–Trinajstić information content (AvgIpc) is 3.27. The number of rotatable bonds is 6. The summed E-state index contributed by atoms with van der Waals surface area (Å²) in [6.45, 7) is 0.484. The highest BCUT2D eigenvalue weighted by atomic mass is 35.5. The summed E-state index contributed by atoms with van der Waals surface area (Å²) in [6.07, 6.45) is 1.55. The van der Waals surface area contributed by atoms with Crippen molar-refractivity contribution in [3.8, 4) is 22.8 Å². The number of nitrogens with zero attached hydrogens (tertiary/aromatic N) is 5. The highest BCUT2D eigenvalue weighted by Gasteiger charge is 2.16. The molecule has 0 atom stereocenters. The molecule has 9 nitrogen and oxygen atoms in total. The Hall–Kier alpha value is -3.98. The van der Waals surface area contributed by atoms with Gasteiger partial charge in [-0.1, -0.05) is 41.0 Å². The van der Waals surface area contributed by atoms with E-state index in [1.807, 2.05) is 24.3 Å². The minimum absolute atomic E-state index is 0.0786. The molecule has 32 heavy (non-hydrogen) atoms. The zero-order chi connectivity index (χ0) is 22.7. The molecule has 10 heteroatoms. The number of nitrogens with one attached hydrogen (secondary N) is 1. The van der Waals surface area contributed by atoms with Crippen LogP contribution in [0.4, 0.5) is 11.8 Å². The fourth-order valence-corrected chi connectivity index (χ4v) is 3.03. The summed E-state index contributed by atoms with van der Waals surface area (Å²) < 4.78 is 5.67. The first kappa shape index (κ1) is 21.3. The van der Waals surface area contributed by atoms with Crippen molar-refractivity contribution in [3.63, 3.8) is 0 Å². The summed E-state index contributed by atoms with van der Waals surface area (Å²) in [5.41, 5.74) is 9.20. The first-order valence-corrected chi connectivity index (χ1v) is 10.1. The minimum atomic E-state index is -0.0786. The lowest BCUT2D eigenvalue weighted by Crippen LogP contribution is -2.21. The fraction of sp³-hybridized carbons (Fsp3) is 0.136. The van der Waals surface area contributed by atoms with E-state index in [9.17, 15) is 4.79 Å². The molecule has 0 bridgehead atoms. The van der Waals surface area contributed by atoms with Gasteiger partial charge in [-0.15, -0.1) is 5.10 Å². The van der Waals surface area contributed by atoms with Crippen LogP contribution in [0.1, 0.15) is 15.9 Å². The molecule has 0 spiro atoms. The third-order valence-electron chi connectivity index (χ3n) is 4.62. The fourth-order valence-electron chi connectivity index (χ4n) is 2.91. The third-order valence-corrected chi connectivity index (χ3v) is 4.87. The molecule has 1 amide bonds. The van der Waals surface area contributed by atoms with Crippen LogP contribution in [0, 0.1) is 0 Å². The van der Waals surface area contributed by atoms with Gasteiger partial charge in [0.15, 0.2) is 11.5 Å². The van der Waals surface area contributed by atoms with E-state index in [2.05, 4.69) is 25.5 Å². The van der Waals surface area contributed by atoms with Crippen LogP contribution in [0.3, 0.4) is 0 Å². The highest BCUT2D eigenvalue weighted by molar-refractivity contribution is 6.30. The SMILES string of the molecule is CN(C)C(=O)c1ccc(-c2cnc(N)c(-c3nnc(NCc4ccc(Cl)cc4)o3)n2)cc1. The van der Waals surface area contributed by atoms with Crippen LogP contribution >= 0.6 is 11.6 Å². The molecule has 0 radical (unpaired) electrons. The normalized spacial score (nSPS) is 10.7. The number of benzene rings is 2. The van der Waals surface area contributed by atoms with Gasteiger partial charge >= 0.3 is 6.01 Å². The summed E-state index contributed by atoms with van der Waals surface area (Å²) in [6, 6.07) is 14.7. The highest BCUT2D eigenvalue weighted by Crippen LogP contribution is 2.26. The van der Waals surface area contributed by atoms with Crippen LogP contribution in [0.2, 0.25) is 5.02 Å². The van der Waals surface area contributed by atoms with E-state index in [1.165, 1.54) is 4.90 Å². The third kappa shape index (κ3) is 4.68. The molecule has 2 aromatic heterocycles. The molecule has 3 N–H and O–H groups in total. The maximum Gasteiger partial charge on any atom is 0.316 e. The number of nitrogens with two attached hydrogens (primary N) is 1. The van der Waals surface area contributed by atoms with Crippen molar-refractivity contribution >= 4 is 29.3 Å². The van der Waals surface area contributed by atoms with Gasteiger partial charge in [0.05, 0.1) is 11.9 Å². The van der Waals surface area contributed by atoms with Crippen molar-refractivity contribution in [1.29, 1.82) is 0 Å². The molecule has 0 aliphatic heterocycles. The van der Waals surface area contributed by atoms with E-state index in [0.29, 0.717) is 22.8 Å². The Kier molecular flexibility index (Phi) is 6.00. The molecular formula is C22H20ClN7O2. The summed E-state index contributed by atoms with van der Waals surface area (Å²) in [7, 11) is 3.41. The Labute approximate surface area is 189 Å². The predicted octanol–water partition coefficient (Wildman–Crippen LogP) is 3.74. The molecular weight excluding hydrogens is 430 g/mol. The Balaban J connectivity index is 1.53. The zero-order valence-electron chi connectivity index (χ0n) is 17.4. The smallest absolute Gasteiger partial charge is 0.316 e. The first-order valence-electron chi connectivity index (χ1n) is 9.67. The monoisotopic (exact) mass is 449 g/mol. The number of hydrogen-bond acceptors (Lipinski definition) is 8. The largest absolute Gasteiger partial charge is 0.402 e. The molecule has 0 fully saturated rings. The topological polar surface area (TPSA) is 123 Å². The van der Waals surface area contributed by atoms with E-state index in [4.69, 9.17) is 21.8 Å². The second kappa shape index (κ2) is 9.03. The van der Waals surface area contributed by atoms with Crippen molar-refractivity contribution in [2.24, 2.45) is 0 Å². The molecule has 4 rings (SSSR count). The van der Waals surface area contributed by atoms with E-state index >= 15 is 0 Å². The van der Waals surface area contributed by atoms with Crippen molar-refractivity contribution < 1.29 is 9.21 Å². The molecule has 0 saturated heterocycles. The molecule has 0 saturated carbocycles. The van der Waals surface area contributed by atoms with Crippen molar-refractivity contribution in [3.05, 3.63) is 70.9 Å². The van der Waals surface area contributed by atoms with Gasteiger partial charge in [0.1, 0.15) is 0 Å². The summed E-state index contributed by atoms with van der Waals surface area (Å²) in [4.78, 5) is 22.3. The van der Waals surface area contributed by atoms with Crippen LogP contribution in [-0.4, -0.2) is 45.1 Å². The maximum absolute atomic E-state index is 12.1. The van der Waals surface area contributed by atoms with Crippen LogP contribution in [0.5, 0.6) is 0 Å². The summed E-state index contributed by atoms with van der Waals surface area (Å²) in [5.74, 6) is 0.237. The molecule has 4 aromatic rings. The van der Waals surface area contributed by atoms with Gasteiger partial charge in [-0.25, -0.2) is 9.97 Å². The Bertz CT molecular complexity index is 1240. The van der Waals surface area contributed by atoms with Gasteiger partial charge in [0.25, 0.3) is 11.8 Å². The van der Waals surface area contributed by atoms with Crippen LogP contribution in [0.15, 0.2) is 59.1 Å². The predicted molar refractivity (Wildman–Crippen MR) is 122 cm³/mol. The van der Waals surface area contributed by atoms with E-state index in [0.717, 1.165) is 11.1 Å². The molecule has 0 aliphatic rings. The molecule has 2 heterocycles. The number of anilines is 2. The number of nitrogen functional groups attached to an aromatic ring is 1. The number of aromatic nitrogens is 4. The van der Waals surface area contributed by atoms with Gasteiger partial charge in [-0.2, -0.15) is 0 Å². The van der Waals surface area contributed by atoms with Crippen molar-refractivity contribution in [2.45, 2.75) is 6.54 Å². The van der Waals surface area contributed by atoms with Gasteiger partial charge in [-0.3, -0.25) is 4.79 Å². The Morgan fingerprint density at radius 3 is 2.50 bits per heavy atom. The van der Waals surface area contributed by atoms with Gasteiger partial charge < -0.3 is 20.4 Å². The lowest BCUT2D eigenvalue weighted by atomic mass is 10.1. The van der Waals surface area contributed by atoms with Gasteiger partial charge in [0, 0.05) is 36.8 Å². The first-order chi connectivity index (χ1) is 15.4. The molecule has 162 valence electrons. The average molecular weight is 450 g/mol. The van der Waals surface area contributed by atoms with Gasteiger partial charge in [0.2, 0.25) is 0 Å². The van der Waals surface area contributed by atoms with Crippen LogP contribution in [-0.2, 0) is 6.54 Å². The standard InChI is InChI=1S/C22H20ClN7O2/c1-30(2)21(31)15-7-5-14(6-8-15)17-12-25-19(24)18(27-17)20-28-29-22(32-20)26-11-13-3-9-16(23)10-4-13/h3-10,12H,11H2,1-2H3,(H2,24,25)(H,26,29). The Morgan fingerprint density at radius 2 is 1.81 bits per heavy atom. The van der Waals surface area contributed by atoms with Crippen LogP contribution in [0.25, 0.3) is 22.8 Å². The number of carbonyl (C=O) groups is 1. The number of carbonyl (C=O) groups excluding carboxylic acids is 1. The van der Waals surface area contributed by atoms with E-state index in [1.54, 1.807) is 44.6 Å². The van der Waals surface area contributed by atoms with E-state index in [-0.39, 0.29) is 29.3 Å². The zero-order valence-corrected chi connectivity index (χ0v) is 18.2. The molecule has 0 unspecified atom stereocenters.